The van der Waals surface area contributed by atoms with Gasteiger partial charge in [0.25, 0.3) is 0 Å². The lowest BCUT2D eigenvalue weighted by atomic mass is 10.0. The molecule has 18 nitrogen and oxygen atoms in total. The summed E-state index contributed by atoms with van der Waals surface area (Å²) in [5.74, 6) is -5.26. The van der Waals surface area contributed by atoms with E-state index in [1.54, 1.807) is 36.6 Å². The molecule has 9 amide bonds. The molecule has 1 aromatic rings. The standard InChI is InChI=1S/C34H51N9O9S/c1-20-30(48)41-23(31(49)35-3)11-8-15-36-27(45)13-12-24(40-29(47)18-37-21(2)44)33(51)42-25(14-16-53-4)34(52)43-26(17-22-9-6-5-7-10-22)32(50)38-19-28(46)39-20/h5-7,9-10,20,23-26H,8,11-19H2,1-4H3,(H,35,49)(H,36,45)(H,37,44)(H,38,50)(H,39,46)(H,40,47)(H,41,48)(H,42,51)(H,43,52)/t20-,23?,24?,25-,26?/m0/s1. The first-order valence-electron chi connectivity index (χ1n) is 17.3. The van der Waals surface area contributed by atoms with Gasteiger partial charge in [-0.15, -0.1) is 0 Å². The highest BCUT2D eigenvalue weighted by molar-refractivity contribution is 7.98. The topological polar surface area (TPSA) is 262 Å². The van der Waals surface area contributed by atoms with Crippen molar-refractivity contribution >= 4 is 64.9 Å². The lowest BCUT2D eigenvalue weighted by Gasteiger charge is -2.25. The van der Waals surface area contributed by atoms with Crippen LogP contribution in [0.2, 0.25) is 0 Å². The van der Waals surface area contributed by atoms with Crippen molar-refractivity contribution in [2.45, 2.75) is 82.6 Å². The maximum Gasteiger partial charge on any atom is 0.243 e. The Morgan fingerprint density at radius 3 is 2.19 bits per heavy atom. The summed E-state index contributed by atoms with van der Waals surface area (Å²) in [4.78, 5) is 116. The Morgan fingerprint density at radius 2 is 1.53 bits per heavy atom. The average molecular weight is 762 g/mol. The summed E-state index contributed by atoms with van der Waals surface area (Å²) in [7, 11) is 1.40. The van der Waals surface area contributed by atoms with E-state index in [1.165, 1.54) is 32.7 Å². The summed E-state index contributed by atoms with van der Waals surface area (Å²) < 4.78 is 0. The van der Waals surface area contributed by atoms with E-state index in [-0.39, 0.29) is 45.1 Å². The zero-order valence-corrected chi connectivity index (χ0v) is 31.2. The molecule has 292 valence electrons. The molecule has 0 aliphatic carbocycles. The molecule has 0 bridgehead atoms. The average Bonchev–Trinajstić information content (AvgIpc) is 3.13. The van der Waals surface area contributed by atoms with Crippen LogP contribution in [-0.2, 0) is 49.6 Å². The van der Waals surface area contributed by atoms with E-state index in [0.717, 1.165) is 0 Å². The number of nitrogens with one attached hydrogen (secondary N) is 9. The van der Waals surface area contributed by atoms with Crippen molar-refractivity contribution < 1.29 is 43.2 Å². The van der Waals surface area contributed by atoms with Gasteiger partial charge in [-0.1, -0.05) is 30.3 Å². The second-order valence-corrected chi connectivity index (χ2v) is 13.3. The third-order valence-electron chi connectivity index (χ3n) is 8.03. The van der Waals surface area contributed by atoms with Crippen LogP contribution in [0.3, 0.4) is 0 Å². The minimum absolute atomic E-state index is 0.0276. The van der Waals surface area contributed by atoms with Crippen molar-refractivity contribution in [2.75, 3.05) is 38.7 Å². The first-order chi connectivity index (χ1) is 25.2. The summed E-state index contributed by atoms with van der Waals surface area (Å²) in [6, 6.07) is 3.07. The fraction of sp³-hybridized carbons (Fsp3) is 0.559. The number of benzene rings is 1. The molecule has 19 heteroatoms. The van der Waals surface area contributed by atoms with Crippen LogP contribution in [-0.4, -0.2) is 122 Å². The molecule has 0 spiro atoms. The zero-order chi connectivity index (χ0) is 39.3. The van der Waals surface area contributed by atoms with E-state index in [1.807, 2.05) is 0 Å². The fourth-order valence-electron chi connectivity index (χ4n) is 5.11. The minimum Gasteiger partial charge on any atom is -0.357 e. The second-order valence-electron chi connectivity index (χ2n) is 12.3. The number of carbonyl (C=O) groups is 9. The Hall–Kier alpha value is -5.20. The summed E-state index contributed by atoms with van der Waals surface area (Å²) in [5.41, 5.74) is 0.690. The van der Waals surface area contributed by atoms with Gasteiger partial charge in [0.15, 0.2) is 0 Å². The van der Waals surface area contributed by atoms with Crippen LogP contribution in [0, 0.1) is 0 Å². The molecular formula is C34H51N9O9S. The highest BCUT2D eigenvalue weighted by Gasteiger charge is 2.31. The van der Waals surface area contributed by atoms with Crippen molar-refractivity contribution in [3.63, 3.8) is 0 Å². The Morgan fingerprint density at radius 1 is 0.830 bits per heavy atom. The molecule has 1 fully saturated rings. The van der Waals surface area contributed by atoms with Crippen molar-refractivity contribution in [3.05, 3.63) is 35.9 Å². The zero-order valence-electron chi connectivity index (χ0n) is 30.4. The van der Waals surface area contributed by atoms with Gasteiger partial charge in [-0.2, -0.15) is 11.8 Å². The molecule has 0 radical (unpaired) electrons. The molecule has 1 aliphatic heterocycles. The van der Waals surface area contributed by atoms with E-state index >= 15 is 0 Å². The first-order valence-corrected chi connectivity index (χ1v) is 18.7. The van der Waals surface area contributed by atoms with Crippen LogP contribution >= 0.6 is 11.8 Å². The summed E-state index contributed by atoms with van der Waals surface area (Å²) >= 11 is 1.41. The van der Waals surface area contributed by atoms with Crippen LogP contribution in [0.1, 0.15) is 51.5 Å². The maximum absolute atomic E-state index is 13.7. The van der Waals surface area contributed by atoms with Crippen molar-refractivity contribution in [2.24, 2.45) is 0 Å². The third-order valence-corrected chi connectivity index (χ3v) is 8.68. The van der Waals surface area contributed by atoms with Gasteiger partial charge in [-0.25, -0.2) is 0 Å². The van der Waals surface area contributed by atoms with Crippen LogP contribution in [0.15, 0.2) is 30.3 Å². The lowest BCUT2D eigenvalue weighted by molar-refractivity contribution is -0.134. The summed E-state index contributed by atoms with van der Waals surface area (Å²) in [6.45, 7) is 1.77. The van der Waals surface area contributed by atoms with Crippen LogP contribution in [0.25, 0.3) is 0 Å². The molecule has 5 atom stereocenters. The van der Waals surface area contributed by atoms with Gasteiger partial charge in [0, 0.05) is 33.4 Å². The normalized spacial score (nSPS) is 23.1. The largest absolute Gasteiger partial charge is 0.357 e. The van der Waals surface area contributed by atoms with E-state index in [9.17, 15) is 43.2 Å². The molecule has 9 N–H and O–H groups in total. The quantitative estimate of drug-likeness (QED) is 0.124. The molecule has 1 aromatic carbocycles. The van der Waals surface area contributed by atoms with Gasteiger partial charge in [-0.05, 0) is 50.2 Å². The Bertz CT molecular complexity index is 1460. The lowest BCUT2D eigenvalue weighted by Crippen LogP contribution is -2.58. The molecular weight excluding hydrogens is 710 g/mol. The maximum atomic E-state index is 13.7. The van der Waals surface area contributed by atoms with Crippen molar-refractivity contribution in [1.82, 2.24) is 47.9 Å². The van der Waals surface area contributed by atoms with Crippen LogP contribution in [0.5, 0.6) is 0 Å². The SMILES string of the molecule is CNC(=O)C1CCCNC(=O)CCC(NC(=O)CNC(C)=O)C(=O)N[C@@H](CCSC)C(=O)NC(Cc2ccccc2)C(=O)NCC(=O)N[C@@H](C)C(=O)N1. The first kappa shape index (κ1) is 44.0. The Kier molecular flexibility index (Phi) is 19.4. The molecule has 1 saturated heterocycles. The van der Waals surface area contributed by atoms with Gasteiger partial charge in [0.2, 0.25) is 53.2 Å². The summed E-state index contributed by atoms with van der Waals surface area (Å²) in [6.07, 6.45) is 1.99. The molecule has 1 heterocycles. The van der Waals surface area contributed by atoms with E-state index < -0.39 is 96.5 Å². The summed E-state index contributed by atoms with van der Waals surface area (Å²) in [5, 5.41) is 22.9. The number of hydrogen-bond donors (Lipinski definition) is 9. The van der Waals surface area contributed by atoms with Crippen LogP contribution < -0.4 is 47.9 Å². The number of amides is 9. The van der Waals surface area contributed by atoms with Gasteiger partial charge in [0.05, 0.1) is 13.1 Å². The van der Waals surface area contributed by atoms with Gasteiger partial charge in [-0.3, -0.25) is 43.2 Å². The Labute approximate surface area is 312 Å². The number of hydrogen-bond acceptors (Lipinski definition) is 10. The van der Waals surface area contributed by atoms with Crippen molar-refractivity contribution in [1.29, 1.82) is 0 Å². The minimum atomic E-state index is -1.29. The van der Waals surface area contributed by atoms with Gasteiger partial charge >= 0.3 is 0 Å². The highest BCUT2D eigenvalue weighted by Crippen LogP contribution is 2.08. The van der Waals surface area contributed by atoms with E-state index in [4.69, 9.17) is 0 Å². The number of carbonyl (C=O) groups excluding carboxylic acids is 9. The molecule has 0 aromatic heterocycles. The smallest absolute Gasteiger partial charge is 0.243 e. The molecule has 3 unspecified atom stereocenters. The molecule has 1 aliphatic rings. The fourth-order valence-corrected chi connectivity index (χ4v) is 5.58. The van der Waals surface area contributed by atoms with Gasteiger partial charge in [0.1, 0.15) is 30.2 Å². The monoisotopic (exact) mass is 761 g/mol. The molecule has 53 heavy (non-hydrogen) atoms. The number of rotatable bonds is 9. The second kappa shape index (κ2) is 23.4. The molecule has 2 rings (SSSR count). The Balaban J connectivity index is 2.42. The molecule has 0 saturated carbocycles. The van der Waals surface area contributed by atoms with Crippen molar-refractivity contribution in [3.8, 4) is 0 Å². The highest BCUT2D eigenvalue weighted by atomic mass is 32.2. The van der Waals surface area contributed by atoms with E-state index in [0.29, 0.717) is 11.3 Å². The van der Waals surface area contributed by atoms with Crippen LogP contribution in [0.4, 0.5) is 0 Å². The number of likely N-dealkylation sites (N-methyl/N-ethyl adjacent to an activating group) is 1. The van der Waals surface area contributed by atoms with Gasteiger partial charge < -0.3 is 47.9 Å². The third kappa shape index (κ3) is 16.8. The predicted octanol–water partition coefficient (Wildman–Crippen LogP) is -2.89. The number of thioether (sulfide) groups is 1. The van der Waals surface area contributed by atoms with E-state index in [2.05, 4.69) is 47.9 Å². The predicted molar refractivity (Wildman–Crippen MR) is 196 cm³/mol.